The smallest absolute Gasteiger partial charge is 0.138 e. The zero-order valence-corrected chi connectivity index (χ0v) is 21.9. The van der Waals surface area contributed by atoms with E-state index in [1.165, 1.54) is 44.1 Å². The predicted molar refractivity (Wildman–Crippen MR) is 135 cm³/mol. The summed E-state index contributed by atoms with van der Waals surface area (Å²) in [5.74, 6) is 3.04. The van der Waals surface area contributed by atoms with Crippen LogP contribution in [0.4, 0.5) is 0 Å². The molecule has 0 spiro atoms. The van der Waals surface area contributed by atoms with E-state index in [-0.39, 0.29) is 24.0 Å². The molecule has 0 aromatic carbocycles. The molecule has 186 valence electrons. The number of hydrogen-bond acceptors (Lipinski definition) is 3. The first-order valence-corrected chi connectivity index (χ1v) is 13.6. The Labute approximate surface area is 202 Å². The Hall–Kier alpha value is -0.930. The molecule has 3 heteroatoms. The minimum absolute atomic E-state index is 0.0605. The third-order valence-electron chi connectivity index (χ3n) is 12.0. The molecule has 0 aromatic rings. The Balaban J connectivity index is 1.55. The van der Waals surface area contributed by atoms with E-state index in [0.717, 1.165) is 25.7 Å². The molecule has 33 heavy (non-hydrogen) atoms. The van der Waals surface area contributed by atoms with Crippen LogP contribution in [0.15, 0.2) is 23.8 Å². The van der Waals surface area contributed by atoms with Gasteiger partial charge in [-0.05, 0) is 103 Å². The Kier molecular flexibility index (Phi) is 6.58. The summed E-state index contributed by atoms with van der Waals surface area (Å²) in [6, 6.07) is 0. The maximum Gasteiger partial charge on any atom is 0.138 e. The number of rotatable bonds is 6. The van der Waals surface area contributed by atoms with Gasteiger partial charge < -0.3 is 10.2 Å². The molecule has 2 N–H and O–H groups in total. The van der Waals surface area contributed by atoms with Crippen LogP contribution in [0.1, 0.15) is 98.8 Å². The van der Waals surface area contributed by atoms with Crippen molar-refractivity contribution in [2.24, 2.45) is 45.3 Å². The normalized spacial score (nSPS) is 43.9. The number of aliphatic hydroxyl groups excluding tert-OH is 2. The minimum atomic E-state index is -0.173. The maximum absolute atomic E-state index is 12.8. The van der Waals surface area contributed by atoms with Gasteiger partial charge in [0.25, 0.3) is 0 Å². The van der Waals surface area contributed by atoms with E-state index in [0.29, 0.717) is 45.9 Å². The first kappa shape index (κ1) is 25.2. The summed E-state index contributed by atoms with van der Waals surface area (Å²) >= 11 is 0. The largest absolute Gasteiger partial charge is 0.392 e. The third kappa shape index (κ3) is 3.63. The fourth-order valence-corrected chi connectivity index (χ4v) is 9.86. The number of ketones is 1. The van der Waals surface area contributed by atoms with Crippen molar-refractivity contribution in [3.05, 3.63) is 23.8 Å². The summed E-state index contributed by atoms with van der Waals surface area (Å²) < 4.78 is 0. The molecule has 0 heterocycles. The molecule has 0 amide bonds. The van der Waals surface area contributed by atoms with Gasteiger partial charge in [0.2, 0.25) is 0 Å². The van der Waals surface area contributed by atoms with Gasteiger partial charge in [0, 0.05) is 11.8 Å². The van der Waals surface area contributed by atoms with Crippen molar-refractivity contribution >= 4 is 5.78 Å². The molecular weight excluding hydrogens is 408 g/mol. The average molecular weight is 457 g/mol. The lowest BCUT2D eigenvalue weighted by Crippen LogP contribution is -2.63. The molecule has 3 nitrogen and oxygen atoms in total. The second-order valence-corrected chi connectivity index (χ2v) is 13.3. The molecule has 4 fully saturated rings. The van der Waals surface area contributed by atoms with Crippen LogP contribution >= 0.6 is 0 Å². The van der Waals surface area contributed by atoms with Crippen molar-refractivity contribution in [1.29, 1.82) is 0 Å². The summed E-state index contributed by atoms with van der Waals surface area (Å²) in [6.45, 7) is 16.7. The Bertz CT molecular complexity index is 818. The van der Waals surface area contributed by atoms with Crippen LogP contribution in [0.25, 0.3) is 0 Å². The predicted octanol–water partition coefficient (Wildman–Crippen LogP) is 6.49. The van der Waals surface area contributed by atoms with E-state index in [1.807, 2.05) is 6.08 Å². The lowest BCUT2D eigenvalue weighted by molar-refractivity contribution is -0.201. The van der Waals surface area contributed by atoms with Gasteiger partial charge in [0.1, 0.15) is 5.78 Å². The molecule has 0 saturated heterocycles. The summed E-state index contributed by atoms with van der Waals surface area (Å²) in [5, 5.41) is 18.6. The summed E-state index contributed by atoms with van der Waals surface area (Å²) in [5.41, 5.74) is 2.89. The second-order valence-electron chi connectivity index (χ2n) is 13.3. The molecule has 4 aliphatic rings. The van der Waals surface area contributed by atoms with E-state index >= 15 is 0 Å². The number of carbonyl (C=O) groups excluding carboxylic acids is 1. The third-order valence-corrected chi connectivity index (χ3v) is 12.0. The molecule has 0 radical (unpaired) electrons. The molecule has 0 aliphatic heterocycles. The van der Waals surface area contributed by atoms with Crippen LogP contribution < -0.4 is 0 Å². The zero-order chi connectivity index (χ0) is 24.2. The number of carbonyl (C=O) groups is 1. The van der Waals surface area contributed by atoms with Gasteiger partial charge in [0.05, 0.1) is 13.2 Å². The fraction of sp³-hybridized carbons (Fsp3) is 0.833. The number of hydrogen-bond donors (Lipinski definition) is 2. The molecule has 4 rings (SSSR count). The standard InChI is InChI=1S/C30H48O3/c1-20(8-7-9-21(18-31)19-32)22-12-16-29(5)23(22)10-11-25-28(4)15-14-26(33)27(2,3)24(28)13-17-30(25,29)6/h9,22-25,31-32H,1,7-8,10-19H2,2-6H3/t22-,23+,24-,25+,28-,29+,30+/m0/s1. The Morgan fingerprint density at radius 1 is 0.939 bits per heavy atom. The van der Waals surface area contributed by atoms with Crippen LogP contribution in [-0.4, -0.2) is 29.2 Å². The van der Waals surface area contributed by atoms with Gasteiger partial charge in [-0.25, -0.2) is 0 Å². The van der Waals surface area contributed by atoms with Crippen LogP contribution in [0.3, 0.4) is 0 Å². The number of Topliss-reactive ketones (excluding diaryl/α,β-unsaturated/α-hetero) is 1. The highest BCUT2D eigenvalue weighted by Crippen LogP contribution is 2.75. The Morgan fingerprint density at radius 3 is 2.27 bits per heavy atom. The molecule has 0 unspecified atom stereocenters. The SMILES string of the molecule is C=C(CCC=C(CO)CO)[C@@H]1CC[C@]2(C)[C@@H]1CC[C@@H]1[C@@]3(C)CCC(=O)C(C)(C)[C@@H]3CC[C@]12C. The van der Waals surface area contributed by atoms with Gasteiger partial charge in [-0.15, -0.1) is 0 Å². The first-order valence-electron chi connectivity index (χ1n) is 13.6. The first-order chi connectivity index (χ1) is 15.5. The average Bonchev–Trinajstić information content (AvgIpc) is 3.12. The van der Waals surface area contributed by atoms with Crippen LogP contribution in [-0.2, 0) is 4.79 Å². The van der Waals surface area contributed by atoms with Crippen molar-refractivity contribution in [3.8, 4) is 0 Å². The summed E-state index contributed by atoms with van der Waals surface area (Å²) in [7, 11) is 0. The monoisotopic (exact) mass is 456 g/mol. The summed E-state index contributed by atoms with van der Waals surface area (Å²) in [6.07, 6.45) is 13.3. The van der Waals surface area contributed by atoms with Crippen molar-refractivity contribution in [2.45, 2.75) is 98.8 Å². The molecule has 4 aliphatic carbocycles. The number of fused-ring (bicyclic) bond motifs is 5. The highest BCUT2D eigenvalue weighted by molar-refractivity contribution is 5.85. The molecule has 4 saturated carbocycles. The van der Waals surface area contributed by atoms with Gasteiger partial charge in [-0.2, -0.15) is 0 Å². The zero-order valence-electron chi connectivity index (χ0n) is 21.9. The van der Waals surface area contributed by atoms with Crippen molar-refractivity contribution in [3.63, 3.8) is 0 Å². The van der Waals surface area contributed by atoms with Gasteiger partial charge in [0.15, 0.2) is 0 Å². The van der Waals surface area contributed by atoms with E-state index < -0.39 is 0 Å². The van der Waals surface area contributed by atoms with E-state index in [4.69, 9.17) is 0 Å². The number of allylic oxidation sites excluding steroid dienone is 2. The molecule has 0 aromatic heterocycles. The minimum Gasteiger partial charge on any atom is -0.392 e. The highest BCUT2D eigenvalue weighted by Gasteiger charge is 2.68. The van der Waals surface area contributed by atoms with E-state index in [1.54, 1.807) is 0 Å². The van der Waals surface area contributed by atoms with Crippen molar-refractivity contribution < 1.29 is 15.0 Å². The molecule has 0 bridgehead atoms. The maximum atomic E-state index is 12.8. The van der Waals surface area contributed by atoms with Crippen molar-refractivity contribution in [2.75, 3.05) is 13.2 Å². The van der Waals surface area contributed by atoms with Crippen molar-refractivity contribution in [1.82, 2.24) is 0 Å². The van der Waals surface area contributed by atoms with E-state index in [2.05, 4.69) is 41.2 Å². The van der Waals surface area contributed by atoms with Crippen LogP contribution in [0, 0.1) is 45.3 Å². The number of aliphatic hydroxyl groups is 2. The highest BCUT2D eigenvalue weighted by atomic mass is 16.3. The van der Waals surface area contributed by atoms with E-state index in [9.17, 15) is 15.0 Å². The van der Waals surface area contributed by atoms with Crippen LogP contribution in [0.5, 0.6) is 0 Å². The molecule has 7 atom stereocenters. The quantitative estimate of drug-likeness (QED) is 0.449. The topological polar surface area (TPSA) is 57.5 Å². The Morgan fingerprint density at radius 2 is 1.61 bits per heavy atom. The lowest BCUT2D eigenvalue weighted by atomic mass is 9.35. The fourth-order valence-electron chi connectivity index (χ4n) is 9.86. The second kappa shape index (κ2) is 8.63. The van der Waals surface area contributed by atoms with Gasteiger partial charge in [-0.1, -0.05) is 52.8 Å². The van der Waals surface area contributed by atoms with Gasteiger partial charge in [-0.3, -0.25) is 4.79 Å². The molecular formula is C30H48O3. The lowest BCUT2D eigenvalue weighted by Gasteiger charge is -2.69. The summed E-state index contributed by atoms with van der Waals surface area (Å²) in [4.78, 5) is 12.8. The van der Waals surface area contributed by atoms with Crippen LogP contribution in [0.2, 0.25) is 0 Å². The van der Waals surface area contributed by atoms with Gasteiger partial charge >= 0.3 is 0 Å².